The zero-order chi connectivity index (χ0) is 14.7. The maximum Gasteiger partial charge on any atom is 0.132 e. The highest BCUT2D eigenvalue weighted by molar-refractivity contribution is 5.81. The molecule has 19 heavy (non-hydrogen) atoms. The van der Waals surface area contributed by atoms with Crippen molar-refractivity contribution in [2.24, 2.45) is 5.92 Å². The summed E-state index contributed by atoms with van der Waals surface area (Å²) in [6, 6.07) is 0. The predicted molar refractivity (Wildman–Crippen MR) is 77.1 cm³/mol. The lowest BCUT2D eigenvalue weighted by Gasteiger charge is -2.12. The van der Waals surface area contributed by atoms with E-state index in [0.29, 0.717) is 25.7 Å². The van der Waals surface area contributed by atoms with Gasteiger partial charge in [-0.15, -0.1) is 0 Å². The first-order valence-corrected chi connectivity index (χ1v) is 7.49. The molecule has 0 rings (SSSR count). The van der Waals surface area contributed by atoms with E-state index in [1.54, 1.807) is 13.8 Å². The summed E-state index contributed by atoms with van der Waals surface area (Å²) in [5.74, 6) is 0.675. The lowest BCUT2D eigenvalue weighted by Crippen LogP contribution is -2.13. The third-order valence-corrected chi connectivity index (χ3v) is 3.49. The van der Waals surface area contributed by atoms with Gasteiger partial charge in [-0.2, -0.15) is 0 Å². The average molecular weight is 268 g/mol. The number of ketones is 3. The molecule has 0 spiro atoms. The van der Waals surface area contributed by atoms with Crippen LogP contribution >= 0.6 is 0 Å². The van der Waals surface area contributed by atoms with Crippen LogP contribution in [0.1, 0.15) is 78.6 Å². The van der Waals surface area contributed by atoms with E-state index in [1.165, 1.54) is 0 Å². The molecule has 0 radical (unpaired) electrons. The fourth-order valence-corrected chi connectivity index (χ4v) is 2.16. The van der Waals surface area contributed by atoms with Crippen molar-refractivity contribution in [1.82, 2.24) is 0 Å². The van der Waals surface area contributed by atoms with Crippen molar-refractivity contribution in [2.45, 2.75) is 78.6 Å². The van der Waals surface area contributed by atoms with Crippen LogP contribution in [0, 0.1) is 5.92 Å². The van der Waals surface area contributed by atoms with Crippen LogP contribution in [0.25, 0.3) is 0 Å². The molecule has 3 heteroatoms. The highest BCUT2D eigenvalue weighted by Gasteiger charge is 2.15. The third-order valence-electron chi connectivity index (χ3n) is 3.49. The van der Waals surface area contributed by atoms with Crippen molar-refractivity contribution in [2.75, 3.05) is 0 Å². The molecule has 0 aliphatic carbocycles. The maximum atomic E-state index is 11.7. The fraction of sp³-hybridized carbons (Fsp3) is 0.812. The average Bonchev–Trinajstić information content (AvgIpc) is 2.34. The number of Topliss-reactive ketones (excluding diaryl/α,β-unsaturated/α-hetero) is 3. The van der Waals surface area contributed by atoms with Crippen LogP contribution in [0.2, 0.25) is 0 Å². The normalized spacial score (nSPS) is 12.2. The molecule has 0 fully saturated rings. The Hall–Kier alpha value is -0.990. The van der Waals surface area contributed by atoms with E-state index in [0.717, 1.165) is 32.1 Å². The maximum absolute atomic E-state index is 11.7. The summed E-state index contributed by atoms with van der Waals surface area (Å²) >= 11 is 0. The molecular formula is C16H28O3. The summed E-state index contributed by atoms with van der Waals surface area (Å²) in [7, 11) is 0. The number of carbonyl (C=O) groups excluding carboxylic acids is 3. The van der Waals surface area contributed by atoms with Gasteiger partial charge in [-0.05, 0) is 39.5 Å². The first-order chi connectivity index (χ1) is 8.97. The van der Waals surface area contributed by atoms with Gasteiger partial charge >= 0.3 is 0 Å². The molecule has 0 amide bonds. The number of rotatable bonds is 12. The second kappa shape index (κ2) is 10.9. The smallest absolute Gasteiger partial charge is 0.132 e. The Bertz CT molecular complexity index is 294. The van der Waals surface area contributed by atoms with Crippen molar-refractivity contribution in [1.29, 1.82) is 0 Å². The summed E-state index contributed by atoms with van der Waals surface area (Å²) in [4.78, 5) is 33.9. The highest BCUT2D eigenvalue weighted by Crippen LogP contribution is 2.17. The van der Waals surface area contributed by atoms with E-state index in [9.17, 15) is 14.4 Å². The van der Waals surface area contributed by atoms with Gasteiger partial charge in [0.1, 0.15) is 17.3 Å². The minimum Gasteiger partial charge on any atom is -0.300 e. The molecule has 0 aliphatic heterocycles. The van der Waals surface area contributed by atoms with E-state index in [1.807, 2.05) is 0 Å². The van der Waals surface area contributed by atoms with Gasteiger partial charge in [0.25, 0.3) is 0 Å². The zero-order valence-corrected chi connectivity index (χ0v) is 12.7. The van der Waals surface area contributed by atoms with Gasteiger partial charge in [-0.25, -0.2) is 0 Å². The molecule has 0 aromatic carbocycles. The van der Waals surface area contributed by atoms with Crippen LogP contribution in [0.5, 0.6) is 0 Å². The summed E-state index contributed by atoms with van der Waals surface area (Å²) in [6.07, 6.45) is 6.95. The fourth-order valence-electron chi connectivity index (χ4n) is 2.16. The second-order valence-electron chi connectivity index (χ2n) is 5.44. The van der Waals surface area contributed by atoms with E-state index in [2.05, 4.69) is 6.92 Å². The highest BCUT2D eigenvalue weighted by atomic mass is 16.1. The van der Waals surface area contributed by atoms with Gasteiger partial charge in [0.05, 0.1) is 0 Å². The molecule has 1 atom stereocenters. The molecular weight excluding hydrogens is 240 g/mol. The number of hydrogen-bond acceptors (Lipinski definition) is 3. The molecule has 0 saturated heterocycles. The van der Waals surface area contributed by atoms with Crippen LogP contribution < -0.4 is 0 Å². The van der Waals surface area contributed by atoms with Gasteiger partial charge in [-0.1, -0.05) is 19.8 Å². The van der Waals surface area contributed by atoms with E-state index >= 15 is 0 Å². The molecule has 110 valence electrons. The lowest BCUT2D eigenvalue weighted by atomic mass is 9.91. The van der Waals surface area contributed by atoms with Gasteiger partial charge in [0.2, 0.25) is 0 Å². The standard InChI is InChI=1S/C16H28O3/c1-4-5-9-15(14(3)18)11-12-16(19)10-7-6-8-13(2)17/h15H,4-12H2,1-3H3/t15-/m1/s1. The summed E-state index contributed by atoms with van der Waals surface area (Å²) < 4.78 is 0. The van der Waals surface area contributed by atoms with Crippen molar-refractivity contribution in [3.8, 4) is 0 Å². The first kappa shape index (κ1) is 18.0. The predicted octanol–water partition coefficient (Wildman–Crippen LogP) is 3.88. The topological polar surface area (TPSA) is 51.2 Å². The second-order valence-corrected chi connectivity index (χ2v) is 5.44. The molecule has 0 aromatic rings. The van der Waals surface area contributed by atoms with Crippen molar-refractivity contribution in [3.05, 3.63) is 0 Å². The Kier molecular flexibility index (Phi) is 10.3. The Morgan fingerprint density at radius 1 is 0.842 bits per heavy atom. The van der Waals surface area contributed by atoms with Crippen LogP contribution in [0.4, 0.5) is 0 Å². The Morgan fingerprint density at radius 2 is 1.47 bits per heavy atom. The summed E-state index contributed by atoms with van der Waals surface area (Å²) in [5.41, 5.74) is 0. The molecule has 0 N–H and O–H groups in total. The number of carbonyl (C=O) groups is 3. The molecule has 0 saturated carbocycles. The molecule has 0 unspecified atom stereocenters. The molecule has 0 bridgehead atoms. The minimum atomic E-state index is 0.0566. The number of unbranched alkanes of at least 4 members (excludes halogenated alkanes) is 2. The van der Waals surface area contributed by atoms with Crippen LogP contribution in [0.3, 0.4) is 0 Å². The lowest BCUT2D eigenvalue weighted by molar-refractivity contribution is -0.122. The van der Waals surface area contributed by atoms with Gasteiger partial charge in [-0.3, -0.25) is 9.59 Å². The largest absolute Gasteiger partial charge is 0.300 e. The van der Waals surface area contributed by atoms with Crippen LogP contribution in [-0.2, 0) is 14.4 Å². The van der Waals surface area contributed by atoms with Crippen molar-refractivity contribution >= 4 is 17.3 Å². The number of hydrogen-bond donors (Lipinski definition) is 0. The Labute approximate surface area is 117 Å². The molecule has 0 aliphatic rings. The zero-order valence-electron chi connectivity index (χ0n) is 12.7. The monoisotopic (exact) mass is 268 g/mol. The van der Waals surface area contributed by atoms with E-state index in [4.69, 9.17) is 0 Å². The van der Waals surface area contributed by atoms with Gasteiger partial charge in [0.15, 0.2) is 0 Å². The quantitative estimate of drug-likeness (QED) is 0.505. The molecule has 0 aromatic heterocycles. The first-order valence-electron chi connectivity index (χ1n) is 7.49. The van der Waals surface area contributed by atoms with Crippen LogP contribution in [-0.4, -0.2) is 17.3 Å². The van der Waals surface area contributed by atoms with Crippen molar-refractivity contribution < 1.29 is 14.4 Å². The molecule has 0 heterocycles. The van der Waals surface area contributed by atoms with Gasteiger partial charge in [0, 0.05) is 25.2 Å². The minimum absolute atomic E-state index is 0.0566. The van der Waals surface area contributed by atoms with E-state index in [-0.39, 0.29) is 23.3 Å². The summed E-state index contributed by atoms with van der Waals surface area (Å²) in [5, 5.41) is 0. The van der Waals surface area contributed by atoms with Crippen LogP contribution in [0.15, 0.2) is 0 Å². The molecule has 3 nitrogen and oxygen atoms in total. The van der Waals surface area contributed by atoms with Gasteiger partial charge < -0.3 is 4.79 Å². The Balaban J connectivity index is 3.79. The third kappa shape index (κ3) is 10.6. The van der Waals surface area contributed by atoms with E-state index < -0.39 is 0 Å². The Morgan fingerprint density at radius 3 is 2.00 bits per heavy atom. The van der Waals surface area contributed by atoms with Crippen molar-refractivity contribution in [3.63, 3.8) is 0 Å². The SMILES string of the molecule is CCCC[C@H](CCC(=O)CCCCC(C)=O)C(C)=O. The summed E-state index contributed by atoms with van der Waals surface area (Å²) in [6.45, 7) is 5.31.